The minimum Gasteiger partial charge on any atom is -0.326 e. The molecule has 4 heteroatoms. The Balaban J connectivity index is 1.75. The van der Waals surface area contributed by atoms with E-state index in [9.17, 15) is 0 Å². The molecule has 112 valence electrons. The summed E-state index contributed by atoms with van der Waals surface area (Å²) in [5.74, 6) is 1.87. The number of piperidine rings is 1. The van der Waals surface area contributed by atoms with Crippen LogP contribution in [-0.4, -0.2) is 24.0 Å². The molecular formula is C16H25ClN2S. The second kappa shape index (κ2) is 6.35. The van der Waals surface area contributed by atoms with Crippen LogP contribution in [0.5, 0.6) is 0 Å². The van der Waals surface area contributed by atoms with Gasteiger partial charge in [-0.2, -0.15) is 0 Å². The number of nitrogens with zero attached hydrogens (tertiary/aromatic N) is 1. The van der Waals surface area contributed by atoms with Crippen molar-refractivity contribution < 1.29 is 0 Å². The van der Waals surface area contributed by atoms with Crippen molar-refractivity contribution in [1.82, 2.24) is 4.90 Å². The van der Waals surface area contributed by atoms with Gasteiger partial charge in [0.15, 0.2) is 0 Å². The van der Waals surface area contributed by atoms with Crippen LogP contribution in [0.1, 0.15) is 49.9 Å². The van der Waals surface area contributed by atoms with E-state index >= 15 is 0 Å². The lowest BCUT2D eigenvalue weighted by Gasteiger charge is -2.45. The van der Waals surface area contributed by atoms with Crippen LogP contribution in [0.15, 0.2) is 12.1 Å². The Morgan fingerprint density at radius 1 is 1.25 bits per heavy atom. The highest BCUT2D eigenvalue weighted by Crippen LogP contribution is 2.40. The maximum atomic E-state index is 6.30. The van der Waals surface area contributed by atoms with Crippen molar-refractivity contribution in [2.75, 3.05) is 13.1 Å². The quantitative estimate of drug-likeness (QED) is 0.901. The van der Waals surface area contributed by atoms with E-state index in [1.54, 1.807) is 11.3 Å². The summed E-state index contributed by atoms with van der Waals surface area (Å²) in [7, 11) is 0. The van der Waals surface area contributed by atoms with Crippen LogP contribution in [0.3, 0.4) is 0 Å². The van der Waals surface area contributed by atoms with Gasteiger partial charge in [0, 0.05) is 17.5 Å². The number of thiophene rings is 1. The van der Waals surface area contributed by atoms with Crippen LogP contribution in [-0.2, 0) is 0 Å². The van der Waals surface area contributed by atoms with Gasteiger partial charge in [-0.25, -0.2) is 0 Å². The highest BCUT2D eigenvalue weighted by molar-refractivity contribution is 7.16. The monoisotopic (exact) mass is 312 g/mol. The summed E-state index contributed by atoms with van der Waals surface area (Å²) in [5.41, 5.74) is 6.30. The van der Waals surface area contributed by atoms with Gasteiger partial charge in [-0.15, -0.1) is 11.3 Å². The maximum Gasteiger partial charge on any atom is 0.0931 e. The van der Waals surface area contributed by atoms with Crippen LogP contribution in [0.2, 0.25) is 4.34 Å². The third-order valence-corrected chi connectivity index (χ3v) is 6.40. The first-order valence-corrected chi connectivity index (χ1v) is 9.09. The van der Waals surface area contributed by atoms with Gasteiger partial charge in [-0.3, -0.25) is 4.90 Å². The summed E-state index contributed by atoms with van der Waals surface area (Å²) >= 11 is 7.81. The Morgan fingerprint density at radius 2 is 2.00 bits per heavy atom. The summed E-state index contributed by atoms with van der Waals surface area (Å²) in [6, 6.07) is 4.67. The van der Waals surface area contributed by atoms with Gasteiger partial charge in [0.1, 0.15) is 0 Å². The van der Waals surface area contributed by atoms with Crippen molar-refractivity contribution in [3.8, 4) is 0 Å². The van der Waals surface area contributed by atoms with Crippen molar-refractivity contribution in [1.29, 1.82) is 0 Å². The Labute approximate surface area is 131 Å². The third kappa shape index (κ3) is 3.06. The molecule has 0 spiro atoms. The zero-order chi connectivity index (χ0) is 14.1. The number of hydrogen-bond acceptors (Lipinski definition) is 3. The molecule has 1 aliphatic heterocycles. The molecule has 0 aromatic carbocycles. The second-order valence-corrected chi connectivity index (χ2v) is 8.28. The highest BCUT2D eigenvalue weighted by Gasteiger charge is 2.35. The van der Waals surface area contributed by atoms with Crippen molar-refractivity contribution in [2.45, 2.75) is 51.1 Å². The molecule has 2 fully saturated rings. The molecule has 1 aromatic heterocycles. The van der Waals surface area contributed by atoms with Crippen LogP contribution in [0.25, 0.3) is 0 Å². The zero-order valence-electron chi connectivity index (χ0n) is 12.2. The highest BCUT2D eigenvalue weighted by atomic mass is 35.5. The number of rotatable bonds is 3. The van der Waals surface area contributed by atoms with E-state index in [2.05, 4.69) is 17.9 Å². The molecule has 2 N–H and O–H groups in total. The van der Waals surface area contributed by atoms with Gasteiger partial charge in [-0.05, 0) is 50.3 Å². The molecule has 1 aromatic rings. The van der Waals surface area contributed by atoms with Crippen LogP contribution in [0.4, 0.5) is 0 Å². The summed E-state index contributed by atoms with van der Waals surface area (Å²) in [6.45, 7) is 4.56. The first kappa shape index (κ1) is 14.8. The van der Waals surface area contributed by atoms with Gasteiger partial charge in [-0.1, -0.05) is 30.9 Å². The average Bonchev–Trinajstić information content (AvgIpc) is 2.85. The number of fused-ring (bicyclic) bond motifs is 1. The largest absolute Gasteiger partial charge is 0.326 e. The molecule has 0 amide bonds. The van der Waals surface area contributed by atoms with Gasteiger partial charge < -0.3 is 5.73 Å². The molecule has 4 atom stereocenters. The van der Waals surface area contributed by atoms with Crippen molar-refractivity contribution >= 4 is 22.9 Å². The van der Waals surface area contributed by atoms with Gasteiger partial charge in [0.25, 0.3) is 0 Å². The lowest BCUT2D eigenvalue weighted by Crippen LogP contribution is -2.47. The predicted molar refractivity (Wildman–Crippen MR) is 87.4 cm³/mol. The first-order valence-electron chi connectivity index (χ1n) is 7.90. The Kier molecular flexibility index (Phi) is 4.71. The number of hydrogen-bond donors (Lipinski definition) is 1. The van der Waals surface area contributed by atoms with E-state index < -0.39 is 0 Å². The standard InChI is InChI=1S/C16H25ClN2S/c1-11(18)16(14-6-7-15(17)20-14)19-9-8-12-4-2-3-5-13(12)10-19/h6-7,11-13,16H,2-5,8-10,18H2,1H3. The number of halogens is 1. The van der Waals surface area contributed by atoms with E-state index in [1.807, 2.05) is 6.07 Å². The average molecular weight is 313 g/mol. The SMILES string of the molecule is CC(N)C(c1ccc(Cl)s1)N1CCC2CCCCC2C1. The fourth-order valence-electron chi connectivity index (χ4n) is 4.14. The summed E-state index contributed by atoms with van der Waals surface area (Å²) in [5, 5.41) is 0. The second-order valence-electron chi connectivity index (χ2n) is 6.53. The summed E-state index contributed by atoms with van der Waals surface area (Å²) in [4.78, 5) is 3.96. The molecule has 1 saturated heterocycles. The molecule has 1 aliphatic carbocycles. The molecule has 2 aliphatic rings. The Hall–Kier alpha value is -0.0900. The molecule has 3 rings (SSSR count). The minimum atomic E-state index is 0.157. The van der Waals surface area contributed by atoms with Gasteiger partial charge in [0.2, 0.25) is 0 Å². The topological polar surface area (TPSA) is 29.3 Å². The molecule has 2 nitrogen and oxygen atoms in total. The van der Waals surface area contributed by atoms with Crippen LogP contribution < -0.4 is 5.73 Å². The Morgan fingerprint density at radius 3 is 2.65 bits per heavy atom. The number of likely N-dealkylation sites (tertiary alicyclic amines) is 1. The molecule has 2 heterocycles. The normalized spacial score (nSPS) is 30.8. The van der Waals surface area contributed by atoms with Crippen molar-refractivity contribution in [3.05, 3.63) is 21.3 Å². The molecule has 0 bridgehead atoms. The fraction of sp³-hybridized carbons (Fsp3) is 0.750. The lowest BCUT2D eigenvalue weighted by molar-refractivity contribution is 0.0506. The van der Waals surface area contributed by atoms with Crippen LogP contribution >= 0.6 is 22.9 Å². The zero-order valence-corrected chi connectivity index (χ0v) is 13.8. The molecular weight excluding hydrogens is 288 g/mol. The molecule has 0 radical (unpaired) electrons. The van der Waals surface area contributed by atoms with Crippen LogP contribution in [0, 0.1) is 11.8 Å². The maximum absolute atomic E-state index is 6.30. The van der Waals surface area contributed by atoms with E-state index in [0.717, 1.165) is 16.2 Å². The van der Waals surface area contributed by atoms with Gasteiger partial charge >= 0.3 is 0 Å². The fourth-order valence-corrected chi connectivity index (χ4v) is 5.45. The molecule has 20 heavy (non-hydrogen) atoms. The van der Waals surface area contributed by atoms with E-state index in [4.69, 9.17) is 17.3 Å². The van der Waals surface area contributed by atoms with E-state index in [0.29, 0.717) is 6.04 Å². The molecule has 4 unspecified atom stereocenters. The number of nitrogens with two attached hydrogens (primary N) is 1. The lowest BCUT2D eigenvalue weighted by atomic mass is 9.74. The molecule has 1 saturated carbocycles. The predicted octanol–water partition coefficient (Wildman–Crippen LogP) is 4.30. The summed E-state index contributed by atoms with van der Waals surface area (Å²) in [6.07, 6.45) is 7.08. The van der Waals surface area contributed by atoms with Crippen molar-refractivity contribution in [2.24, 2.45) is 17.6 Å². The smallest absolute Gasteiger partial charge is 0.0931 e. The van der Waals surface area contributed by atoms with E-state index in [1.165, 1.54) is 50.1 Å². The first-order chi connectivity index (χ1) is 9.65. The minimum absolute atomic E-state index is 0.157. The third-order valence-electron chi connectivity index (χ3n) is 5.10. The van der Waals surface area contributed by atoms with Crippen molar-refractivity contribution in [3.63, 3.8) is 0 Å². The van der Waals surface area contributed by atoms with Gasteiger partial charge in [0.05, 0.1) is 10.4 Å². The summed E-state index contributed by atoms with van der Waals surface area (Å²) < 4.78 is 0.873. The van der Waals surface area contributed by atoms with E-state index in [-0.39, 0.29) is 6.04 Å². The Bertz CT molecular complexity index is 445.